The van der Waals surface area contributed by atoms with Crippen molar-refractivity contribution in [1.29, 1.82) is 0 Å². The molecule has 0 atom stereocenters. The Bertz CT molecular complexity index is 851. The van der Waals surface area contributed by atoms with E-state index in [1.54, 1.807) is 27.9 Å². The minimum atomic E-state index is -0.674. The molecule has 0 spiro atoms. The fraction of sp³-hybridized carbons (Fsp3) is 0.522. The summed E-state index contributed by atoms with van der Waals surface area (Å²) in [5, 5.41) is 1.42. The molecule has 6 heteroatoms. The molecule has 0 aliphatic carbocycles. The Kier molecular flexibility index (Phi) is 7.59. The van der Waals surface area contributed by atoms with Gasteiger partial charge in [-0.2, -0.15) is 0 Å². The van der Waals surface area contributed by atoms with Gasteiger partial charge in [0.1, 0.15) is 5.75 Å². The number of methoxy groups -OCH3 is 3. The number of carbonyl (C=O) groups excluding carboxylic acids is 1. The van der Waals surface area contributed by atoms with E-state index in [1.807, 2.05) is 18.2 Å². The lowest BCUT2D eigenvalue weighted by molar-refractivity contribution is -0.143. The van der Waals surface area contributed by atoms with Gasteiger partial charge >= 0.3 is 5.97 Å². The molecule has 0 fully saturated rings. The molecule has 0 saturated carbocycles. The van der Waals surface area contributed by atoms with Crippen LogP contribution in [0.3, 0.4) is 0 Å². The van der Waals surface area contributed by atoms with Crippen molar-refractivity contribution < 1.29 is 28.5 Å². The van der Waals surface area contributed by atoms with Crippen LogP contribution in [0.4, 0.5) is 0 Å². The fourth-order valence-electron chi connectivity index (χ4n) is 2.87. The molecule has 0 heterocycles. The first-order chi connectivity index (χ1) is 13.8. The van der Waals surface area contributed by atoms with E-state index in [2.05, 4.69) is 6.92 Å². The zero-order valence-corrected chi connectivity index (χ0v) is 18.5. The van der Waals surface area contributed by atoms with E-state index in [-0.39, 0.29) is 5.97 Å². The van der Waals surface area contributed by atoms with E-state index in [0.717, 1.165) is 24.6 Å². The molecule has 0 radical (unpaired) electrons. The molecule has 2 aromatic carbocycles. The summed E-state index contributed by atoms with van der Waals surface area (Å²) in [5.74, 6) is 1.87. The Balaban J connectivity index is 2.71. The number of hydrogen-bond acceptors (Lipinski definition) is 6. The van der Waals surface area contributed by atoms with Gasteiger partial charge in [0.2, 0.25) is 11.5 Å². The van der Waals surface area contributed by atoms with E-state index in [4.69, 9.17) is 23.7 Å². The average molecular weight is 405 g/mol. The number of rotatable bonds is 9. The number of hydrogen-bond donors (Lipinski definition) is 0. The summed E-state index contributed by atoms with van der Waals surface area (Å²) in [6, 6.07) is 5.49. The maximum Gasteiger partial charge on any atom is 0.316 e. The van der Waals surface area contributed by atoms with Crippen LogP contribution in [0.5, 0.6) is 28.7 Å². The zero-order chi connectivity index (χ0) is 21.6. The topological polar surface area (TPSA) is 63.2 Å². The summed E-state index contributed by atoms with van der Waals surface area (Å²) in [4.78, 5) is 12.6. The van der Waals surface area contributed by atoms with Gasteiger partial charge in [0, 0.05) is 10.8 Å². The Morgan fingerprint density at radius 1 is 0.862 bits per heavy atom. The van der Waals surface area contributed by atoms with Gasteiger partial charge in [-0.05, 0) is 45.4 Å². The molecule has 0 saturated heterocycles. The van der Waals surface area contributed by atoms with Crippen LogP contribution >= 0.6 is 0 Å². The lowest BCUT2D eigenvalue weighted by Crippen LogP contribution is -2.26. The monoisotopic (exact) mass is 404 g/mol. The first kappa shape index (κ1) is 22.7. The third-order valence-electron chi connectivity index (χ3n) is 4.54. The van der Waals surface area contributed by atoms with Crippen molar-refractivity contribution in [3.8, 4) is 28.7 Å². The molecule has 0 amide bonds. The minimum absolute atomic E-state index is 0.308. The SMILES string of the molecule is CCCCCOc1c(OC)c(OC)c(OC(=O)C(C)(C)C)c2ccc(OC)cc12. The van der Waals surface area contributed by atoms with E-state index >= 15 is 0 Å². The quantitative estimate of drug-likeness (QED) is 0.317. The largest absolute Gasteiger partial charge is 0.497 e. The second kappa shape index (κ2) is 9.72. The van der Waals surface area contributed by atoms with Crippen LogP contribution in [0, 0.1) is 5.41 Å². The Labute approximate surface area is 173 Å². The fourth-order valence-corrected chi connectivity index (χ4v) is 2.87. The highest BCUT2D eigenvalue weighted by Gasteiger charge is 2.30. The van der Waals surface area contributed by atoms with Crippen LogP contribution in [0.1, 0.15) is 47.0 Å². The highest BCUT2D eigenvalue weighted by atomic mass is 16.6. The average Bonchev–Trinajstić information content (AvgIpc) is 2.70. The van der Waals surface area contributed by atoms with Gasteiger partial charge in [0.25, 0.3) is 0 Å². The first-order valence-corrected chi connectivity index (χ1v) is 9.89. The van der Waals surface area contributed by atoms with Crippen LogP contribution in [-0.4, -0.2) is 33.9 Å². The molecule has 2 rings (SSSR count). The molecule has 0 aliphatic rings. The van der Waals surface area contributed by atoms with E-state index in [0.29, 0.717) is 40.7 Å². The molecule has 0 bridgehead atoms. The molecule has 160 valence electrons. The summed E-state index contributed by atoms with van der Waals surface area (Å²) in [6.45, 7) is 8.09. The van der Waals surface area contributed by atoms with Crippen LogP contribution in [0.25, 0.3) is 10.8 Å². The van der Waals surface area contributed by atoms with E-state index in [1.165, 1.54) is 14.2 Å². The summed E-state index contributed by atoms with van der Waals surface area (Å²) in [5.41, 5.74) is -0.674. The number of fused-ring (bicyclic) bond motifs is 1. The maximum absolute atomic E-state index is 12.6. The third-order valence-corrected chi connectivity index (χ3v) is 4.54. The molecular formula is C23H32O6. The standard InChI is InChI=1S/C23H32O6/c1-8-9-10-13-28-18-17-14-15(25-5)11-12-16(17)19(21(27-7)20(18)26-6)29-22(24)23(2,3)4/h11-12,14H,8-10,13H2,1-7H3. The van der Waals surface area contributed by atoms with Crippen LogP contribution in [0.15, 0.2) is 18.2 Å². The highest BCUT2D eigenvalue weighted by Crippen LogP contribution is 2.52. The van der Waals surface area contributed by atoms with Crippen molar-refractivity contribution in [1.82, 2.24) is 0 Å². The van der Waals surface area contributed by atoms with Gasteiger partial charge in [0.15, 0.2) is 11.5 Å². The number of ether oxygens (including phenoxy) is 5. The van der Waals surface area contributed by atoms with Crippen LogP contribution in [-0.2, 0) is 4.79 Å². The van der Waals surface area contributed by atoms with Gasteiger partial charge in [-0.25, -0.2) is 0 Å². The number of carbonyl (C=O) groups is 1. The van der Waals surface area contributed by atoms with Gasteiger partial charge in [-0.15, -0.1) is 0 Å². The Morgan fingerprint density at radius 3 is 2.07 bits per heavy atom. The van der Waals surface area contributed by atoms with E-state index < -0.39 is 5.41 Å². The predicted molar refractivity (Wildman–Crippen MR) is 114 cm³/mol. The lowest BCUT2D eigenvalue weighted by atomic mass is 9.97. The summed E-state index contributed by atoms with van der Waals surface area (Å²) >= 11 is 0. The summed E-state index contributed by atoms with van der Waals surface area (Å²) in [6.07, 6.45) is 3.09. The van der Waals surface area contributed by atoms with Crippen molar-refractivity contribution >= 4 is 16.7 Å². The lowest BCUT2D eigenvalue weighted by Gasteiger charge is -2.22. The van der Waals surface area contributed by atoms with Gasteiger partial charge in [-0.3, -0.25) is 4.79 Å². The maximum atomic E-state index is 12.6. The molecule has 29 heavy (non-hydrogen) atoms. The summed E-state index contributed by atoms with van der Waals surface area (Å²) < 4.78 is 28.5. The highest BCUT2D eigenvalue weighted by molar-refractivity contribution is 6.01. The molecule has 2 aromatic rings. The molecule has 0 aromatic heterocycles. The van der Waals surface area contributed by atoms with Crippen LogP contribution in [0.2, 0.25) is 0 Å². The Morgan fingerprint density at radius 2 is 1.52 bits per heavy atom. The predicted octanol–water partition coefficient (Wildman–Crippen LogP) is 5.39. The first-order valence-electron chi connectivity index (χ1n) is 9.89. The molecular weight excluding hydrogens is 372 g/mol. The van der Waals surface area contributed by atoms with Crippen molar-refractivity contribution in [2.75, 3.05) is 27.9 Å². The van der Waals surface area contributed by atoms with Gasteiger partial charge in [-0.1, -0.05) is 19.8 Å². The Hall–Kier alpha value is -2.63. The second-order valence-electron chi connectivity index (χ2n) is 7.83. The number of esters is 1. The number of unbranched alkanes of at least 4 members (excludes halogenated alkanes) is 2. The molecule has 6 nitrogen and oxygen atoms in total. The second-order valence-corrected chi connectivity index (χ2v) is 7.83. The molecule has 0 N–H and O–H groups in total. The van der Waals surface area contributed by atoms with Crippen molar-refractivity contribution in [2.45, 2.75) is 47.0 Å². The van der Waals surface area contributed by atoms with Crippen molar-refractivity contribution in [3.63, 3.8) is 0 Å². The zero-order valence-electron chi connectivity index (χ0n) is 18.5. The van der Waals surface area contributed by atoms with Crippen molar-refractivity contribution in [3.05, 3.63) is 18.2 Å². The van der Waals surface area contributed by atoms with Crippen LogP contribution < -0.4 is 23.7 Å². The summed E-state index contributed by atoms with van der Waals surface area (Å²) in [7, 11) is 4.66. The molecule has 0 aliphatic heterocycles. The minimum Gasteiger partial charge on any atom is -0.497 e. The molecule has 0 unspecified atom stereocenters. The van der Waals surface area contributed by atoms with Gasteiger partial charge < -0.3 is 23.7 Å². The van der Waals surface area contributed by atoms with Gasteiger partial charge in [0.05, 0.1) is 33.4 Å². The van der Waals surface area contributed by atoms with E-state index in [9.17, 15) is 4.79 Å². The normalized spacial score (nSPS) is 11.3. The number of benzene rings is 2. The van der Waals surface area contributed by atoms with Crippen molar-refractivity contribution in [2.24, 2.45) is 5.41 Å². The third kappa shape index (κ3) is 5.05. The smallest absolute Gasteiger partial charge is 0.316 e.